The van der Waals surface area contributed by atoms with E-state index in [0.717, 1.165) is 29.9 Å². The zero-order valence-electron chi connectivity index (χ0n) is 14.4. The molecule has 2 fully saturated rings. The van der Waals surface area contributed by atoms with E-state index in [1.165, 1.54) is 19.2 Å². The summed E-state index contributed by atoms with van der Waals surface area (Å²) in [5, 5.41) is 0. The molecule has 0 radical (unpaired) electrons. The summed E-state index contributed by atoms with van der Waals surface area (Å²) in [5.41, 5.74) is 1.70. The number of hydrogen-bond acceptors (Lipinski definition) is 5. The number of benzene rings is 1. The molecule has 3 heterocycles. The quantitative estimate of drug-likeness (QED) is 0.846. The molecule has 26 heavy (non-hydrogen) atoms. The highest BCUT2D eigenvalue weighted by Gasteiger charge is 2.53. The van der Waals surface area contributed by atoms with Crippen LogP contribution >= 0.6 is 0 Å². The molecule has 1 saturated carbocycles. The summed E-state index contributed by atoms with van der Waals surface area (Å²) in [5.74, 6) is 0.770. The van der Waals surface area contributed by atoms with Crippen molar-refractivity contribution in [2.75, 3.05) is 20.2 Å². The average Bonchev–Trinajstić information content (AvgIpc) is 3.40. The minimum absolute atomic E-state index is 0.123. The normalized spacial score (nSPS) is 20.0. The predicted octanol–water partition coefficient (Wildman–Crippen LogP) is 2.38. The topological polar surface area (TPSA) is 64.5 Å². The molecule has 1 saturated heterocycles. The third kappa shape index (κ3) is 2.30. The van der Waals surface area contributed by atoms with Crippen molar-refractivity contribution in [3.63, 3.8) is 0 Å². The van der Waals surface area contributed by atoms with Crippen LogP contribution in [0.25, 0.3) is 0 Å². The van der Waals surface area contributed by atoms with Crippen LogP contribution in [0.2, 0.25) is 0 Å². The molecule has 1 amide bonds. The van der Waals surface area contributed by atoms with Crippen molar-refractivity contribution in [1.82, 2.24) is 14.9 Å². The minimum atomic E-state index is -0.544. The highest BCUT2D eigenvalue weighted by molar-refractivity contribution is 5.95. The van der Waals surface area contributed by atoms with Gasteiger partial charge < -0.3 is 14.4 Å². The van der Waals surface area contributed by atoms with Crippen molar-refractivity contribution in [3.05, 3.63) is 52.9 Å². The van der Waals surface area contributed by atoms with Gasteiger partial charge in [-0.2, -0.15) is 0 Å². The molecule has 1 spiro atoms. The van der Waals surface area contributed by atoms with Gasteiger partial charge in [-0.25, -0.2) is 14.4 Å². The summed E-state index contributed by atoms with van der Waals surface area (Å²) in [6.07, 6.45) is 4.18. The number of carbonyl (C=O) groups is 1. The minimum Gasteiger partial charge on any atom is -0.494 e. The molecule has 134 valence electrons. The molecule has 1 aliphatic carbocycles. The molecule has 0 atom stereocenters. The molecule has 7 heteroatoms. The number of nitrogens with zero attached hydrogens (tertiary/aromatic N) is 3. The van der Waals surface area contributed by atoms with E-state index in [1.54, 1.807) is 11.0 Å². The molecule has 5 rings (SSSR count). The number of rotatable bonds is 3. The van der Waals surface area contributed by atoms with Crippen LogP contribution in [-0.4, -0.2) is 41.0 Å². The molecular formula is C19H18FN3O3. The van der Waals surface area contributed by atoms with Gasteiger partial charge in [-0.05, 0) is 31.0 Å². The molecule has 2 aromatic rings. The van der Waals surface area contributed by atoms with Crippen molar-refractivity contribution in [3.8, 4) is 5.75 Å². The number of hydrogen-bond donors (Lipinski definition) is 0. The van der Waals surface area contributed by atoms with Gasteiger partial charge in [0.15, 0.2) is 11.6 Å². The smallest absolute Gasteiger partial charge is 0.254 e. The Morgan fingerprint density at radius 1 is 1.38 bits per heavy atom. The fourth-order valence-electron chi connectivity index (χ4n) is 3.70. The van der Waals surface area contributed by atoms with Gasteiger partial charge in [0.25, 0.3) is 5.91 Å². The molecular weight excluding hydrogens is 337 g/mol. The lowest BCUT2D eigenvalue weighted by Crippen LogP contribution is -2.61. The SMILES string of the molecule is COc1ccc(C(=O)N2CC3(C2)OCc2nc(C4CC4)ncc23)cc1F. The maximum absolute atomic E-state index is 13.9. The van der Waals surface area contributed by atoms with E-state index in [0.29, 0.717) is 31.2 Å². The van der Waals surface area contributed by atoms with Gasteiger partial charge in [0.1, 0.15) is 11.4 Å². The molecule has 0 bridgehead atoms. The van der Waals surface area contributed by atoms with Crippen LogP contribution < -0.4 is 4.74 Å². The second kappa shape index (κ2) is 5.48. The Labute approximate surface area is 150 Å². The Hall–Kier alpha value is -2.54. The standard InChI is InChI=1S/C19H18FN3O3/c1-25-16-5-4-12(6-14(16)20)18(24)23-9-19(10-23)13-7-21-17(11-2-3-11)22-15(13)8-26-19/h4-7,11H,2-3,8-10H2,1H3. The van der Waals surface area contributed by atoms with Crippen LogP contribution in [0.15, 0.2) is 24.4 Å². The number of ether oxygens (including phenoxy) is 2. The summed E-state index contributed by atoms with van der Waals surface area (Å²) in [6.45, 7) is 1.31. The van der Waals surface area contributed by atoms with Crippen LogP contribution in [0.1, 0.15) is 46.2 Å². The predicted molar refractivity (Wildman–Crippen MR) is 89.3 cm³/mol. The van der Waals surface area contributed by atoms with E-state index >= 15 is 0 Å². The maximum Gasteiger partial charge on any atom is 0.254 e. The summed E-state index contributed by atoms with van der Waals surface area (Å²) >= 11 is 0. The van der Waals surface area contributed by atoms with Gasteiger partial charge in [0.2, 0.25) is 0 Å². The van der Waals surface area contributed by atoms with Crippen molar-refractivity contribution < 1.29 is 18.7 Å². The third-order valence-corrected chi connectivity index (χ3v) is 5.38. The van der Waals surface area contributed by atoms with Crippen LogP contribution in [0.4, 0.5) is 4.39 Å². The lowest BCUT2D eigenvalue weighted by atomic mass is 9.87. The van der Waals surface area contributed by atoms with Crippen LogP contribution in [-0.2, 0) is 16.9 Å². The fraction of sp³-hybridized carbons (Fsp3) is 0.421. The Bertz CT molecular complexity index is 907. The Kier molecular flexibility index (Phi) is 3.31. The summed E-state index contributed by atoms with van der Waals surface area (Å²) < 4.78 is 24.7. The second-order valence-corrected chi connectivity index (χ2v) is 7.16. The lowest BCUT2D eigenvalue weighted by Gasteiger charge is -2.47. The van der Waals surface area contributed by atoms with Crippen molar-refractivity contribution in [1.29, 1.82) is 0 Å². The number of carbonyl (C=O) groups excluding carboxylic acids is 1. The van der Waals surface area contributed by atoms with E-state index < -0.39 is 11.4 Å². The molecule has 1 aromatic carbocycles. The Morgan fingerprint density at radius 3 is 2.88 bits per heavy atom. The summed E-state index contributed by atoms with van der Waals surface area (Å²) in [7, 11) is 1.39. The molecule has 0 unspecified atom stereocenters. The zero-order chi connectivity index (χ0) is 17.9. The largest absolute Gasteiger partial charge is 0.494 e. The number of amides is 1. The molecule has 6 nitrogen and oxygen atoms in total. The molecule has 0 N–H and O–H groups in total. The van der Waals surface area contributed by atoms with Crippen LogP contribution in [0.5, 0.6) is 5.75 Å². The number of fused-ring (bicyclic) bond motifs is 2. The number of methoxy groups -OCH3 is 1. The second-order valence-electron chi connectivity index (χ2n) is 7.16. The van der Waals surface area contributed by atoms with Gasteiger partial charge in [-0.15, -0.1) is 0 Å². The molecule has 1 aromatic heterocycles. The first-order chi connectivity index (χ1) is 12.6. The van der Waals surface area contributed by atoms with Crippen molar-refractivity contribution >= 4 is 5.91 Å². The van der Waals surface area contributed by atoms with Gasteiger partial charge >= 0.3 is 0 Å². The number of likely N-dealkylation sites (tertiary alicyclic amines) is 1. The van der Waals surface area contributed by atoms with Gasteiger partial charge in [0.05, 0.1) is 32.5 Å². The van der Waals surface area contributed by atoms with Crippen molar-refractivity contribution in [2.45, 2.75) is 31.0 Å². The van der Waals surface area contributed by atoms with E-state index in [1.807, 2.05) is 6.20 Å². The summed E-state index contributed by atoms with van der Waals surface area (Å²) in [4.78, 5) is 23.4. The first-order valence-corrected chi connectivity index (χ1v) is 8.73. The lowest BCUT2D eigenvalue weighted by molar-refractivity contribution is -0.126. The van der Waals surface area contributed by atoms with E-state index in [2.05, 4.69) is 9.97 Å². The molecule has 2 aliphatic heterocycles. The van der Waals surface area contributed by atoms with Gasteiger partial charge in [0, 0.05) is 23.2 Å². The zero-order valence-corrected chi connectivity index (χ0v) is 14.4. The highest BCUT2D eigenvalue weighted by atomic mass is 19.1. The maximum atomic E-state index is 13.9. The van der Waals surface area contributed by atoms with E-state index in [-0.39, 0.29) is 11.7 Å². The molecule has 3 aliphatic rings. The van der Waals surface area contributed by atoms with Gasteiger partial charge in [-0.1, -0.05) is 0 Å². The van der Waals surface area contributed by atoms with E-state index in [4.69, 9.17) is 9.47 Å². The fourth-order valence-corrected chi connectivity index (χ4v) is 3.70. The van der Waals surface area contributed by atoms with Gasteiger partial charge in [-0.3, -0.25) is 4.79 Å². The van der Waals surface area contributed by atoms with Crippen molar-refractivity contribution in [2.24, 2.45) is 0 Å². The monoisotopic (exact) mass is 355 g/mol. The summed E-state index contributed by atoms with van der Waals surface area (Å²) in [6, 6.07) is 4.25. The van der Waals surface area contributed by atoms with Crippen LogP contribution in [0, 0.1) is 5.82 Å². The van der Waals surface area contributed by atoms with Crippen LogP contribution in [0.3, 0.4) is 0 Å². The number of aromatic nitrogens is 2. The first kappa shape index (κ1) is 15.7. The Balaban J connectivity index is 1.33. The third-order valence-electron chi connectivity index (χ3n) is 5.38. The average molecular weight is 355 g/mol. The number of halogens is 1. The highest BCUT2D eigenvalue weighted by Crippen LogP contribution is 2.45. The first-order valence-electron chi connectivity index (χ1n) is 8.73. The Morgan fingerprint density at radius 2 is 2.19 bits per heavy atom. The van der Waals surface area contributed by atoms with E-state index in [9.17, 15) is 9.18 Å².